The number of hydrogen-bond acceptors (Lipinski definition) is 0. The van der Waals surface area contributed by atoms with Gasteiger partial charge in [0.1, 0.15) is 0 Å². The van der Waals surface area contributed by atoms with Gasteiger partial charge in [0.2, 0.25) is 0 Å². The van der Waals surface area contributed by atoms with Crippen LogP contribution in [0.25, 0.3) is 0 Å². The Morgan fingerprint density at radius 2 is 2.80 bits per heavy atom. The Morgan fingerprint density at radius 3 is 3.00 bits per heavy atom. The van der Waals surface area contributed by atoms with E-state index in [1.807, 2.05) is 0 Å². The SMILES string of the molecule is [2H]C1=C([2H])C([2H])([2H])C([2H])([2H])C1[2H]. The van der Waals surface area contributed by atoms with Crippen LogP contribution >= 0.6 is 0 Å². The predicted molar refractivity (Wildman–Crippen MR) is 23.0 cm³/mol. The summed E-state index contributed by atoms with van der Waals surface area (Å²) in [6, 6.07) is -1.28. The summed E-state index contributed by atoms with van der Waals surface area (Å²) in [5.41, 5.74) is 0. The van der Waals surface area contributed by atoms with E-state index in [9.17, 15) is 0 Å². The van der Waals surface area contributed by atoms with Gasteiger partial charge in [-0.2, -0.15) is 0 Å². The molecule has 28 valence electrons. The van der Waals surface area contributed by atoms with Crippen molar-refractivity contribution < 1.29 is 9.60 Å². The molecule has 1 rings (SSSR count). The average Bonchev–Trinajstić information content (AvgIpc) is 2.05. The van der Waals surface area contributed by atoms with Crippen molar-refractivity contribution in [2.75, 3.05) is 0 Å². The molecule has 0 saturated heterocycles. The van der Waals surface area contributed by atoms with Crippen molar-refractivity contribution >= 4 is 0 Å². The molecule has 0 spiro atoms. The van der Waals surface area contributed by atoms with Crippen molar-refractivity contribution in [3.05, 3.63) is 12.1 Å². The third-order valence-corrected chi connectivity index (χ3v) is 0.351. The zero-order valence-corrected chi connectivity index (χ0v) is 2.58. The molecule has 0 heteroatoms. The molecule has 1 aliphatic rings. The first-order valence-corrected chi connectivity index (χ1v) is 1.33. The van der Waals surface area contributed by atoms with Gasteiger partial charge in [-0.25, -0.2) is 0 Å². The lowest BCUT2D eigenvalue weighted by Crippen LogP contribution is -1.50. The van der Waals surface area contributed by atoms with Gasteiger partial charge in [0.05, 0.1) is 2.74 Å². The Bertz CT molecular complexity index is 240. The van der Waals surface area contributed by atoms with E-state index in [1.54, 1.807) is 0 Å². The van der Waals surface area contributed by atoms with Gasteiger partial charge in [-0.3, -0.25) is 0 Å². The molecule has 0 N–H and O–H groups in total. The van der Waals surface area contributed by atoms with Gasteiger partial charge in [0.25, 0.3) is 0 Å². The van der Waals surface area contributed by atoms with E-state index in [-0.39, 0.29) is 0 Å². The topological polar surface area (TPSA) is 0 Å². The maximum atomic E-state index is 7.18. The van der Waals surface area contributed by atoms with E-state index >= 15 is 0 Å². The van der Waals surface area contributed by atoms with Crippen LogP contribution in [0.5, 0.6) is 0 Å². The lowest BCUT2D eigenvalue weighted by molar-refractivity contribution is 0.929. The minimum atomic E-state index is -2.50. The summed E-state index contributed by atoms with van der Waals surface area (Å²) in [5, 5.41) is 0. The molecule has 0 radical (unpaired) electrons. The quantitative estimate of drug-likeness (QED) is 0.385. The van der Waals surface area contributed by atoms with Crippen molar-refractivity contribution in [1.82, 2.24) is 0 Å². The van der Waals surface area contributed by atoms with Gasteiger partial charge in [0.15, 0.2) is 0 Å². The smallest absolute Gasteiger partial charge is 0.0572 e. The summed E-state index contributed by atoms with van der Waals surface area (Å²) in [6.45, 7) is 0. The Kier molecular flexibility index (Phi) is 0.120. The van der Waals surface area contributed by atoms with E-state index in [2.05, 4.69) is 0 Å². The maximum Gasteiger partial charge on any atom is 0.0572 e. The highest BCUT2D eigenvalue weighted by molar-refractivity contribution is 4.88. The Morgan fingerprint density at radius 1 is 1.80 bits per heavy atom. The molecule has 0 saturated carbocycles. The summed E-state index contributed by atoms with van der Waals surface area (Å²) < 4.78 is 50.0. The monoisotopic (exact) mass is 75.1 g/mol. The van der Waals surface area contributed by atoms with Gasteiger partial charge in [-0.1, -0.05) is 12.1 Å². The van der Waals surface area contributed by atoms with Crippen LogP contribution in [0, 0.1) is 0 Å². The van der Waals surface area contributed by atoms with Crippen LogP contribution in [0.1, 0.15) is 28.7 Å². The van der Waals surface area contributed by atoms with Gasteiger partial charge >= 0.3 is 0 Å². The summed E-state index contributed by atoms with van der Waals surface area (Å²) in [5.74, 6) is 0. The van der Waals surface area contributed by atoms with E-state index in [0.29, 0.717) is 0 Å². The fourth-order valence-corrected chi connectivity index (χ4v) is 0.180. The zero-order chi connectivity index (χ0) is 9.73. The molecule has 0 fully saturated rings. The van der Waals surface area contributed by atoms with Crippen LogP contribution < -0.4 is 0 Å². The first-order chi connectivity index (χ1) is 5.23. The number of allylic oxidation sites excluding steroid dienone is 2. The van der Waals surface area contributed by atoms with E-state index in [0.717, 1.165) is 0 Å². The molecular formula is C5H8. The Balaban J connectivity index is 3.22. The van der Waals surface area contributed by atoms with Crippen molar-refractivity contribution in [3.63, 3.8) is 0 Å². The molecule has 0 heterocycles. The largest absolute Gasteiger partial charge is 0.0885 e. The molecule has 0 aromatic heterocycles. The summed E-state index contributed by atoms with van der Waals surface area (Å²) in [6.07, 6.45) is -6.54. The standard InChI is InChI=1S/C5H8/c1-2-4-5-3-1/h1-2H,3-5H2/i1D,2D,3D,4D2,5D2. The van der Waals surface area contributed by atoms with Gasteiger partial charge in [0, 0.05) is 6.85 Å². The number of hydrogen-bond donors (Lipinski definition) is 0. The van der Waals surface area contributed by atoms with E-state index < -0.39 is 31.2 Å². The summed E-state index contributed by atoms with van der Waals surface area (Å²) in [4.78, 5) is 0. The van der Waals surface area contributed by atoms with Crippen LogP contribution in [0.3, 0.4) is 0 Å². The van der Waals surface area contributed by atoms with Gasteiger partial charge in [-0.05, 0) is 19.1 Å². The van der Waals surface area contributed by atoms with E-state index in [4.69, 9.17) is 9.60 Å². The average molecular weight is 75.2 g/mol. The summed E-state index contributed by atoms with van der Waals surface area (Å²) in [7, 11) is 0. The molecule has 0 aromatic carbocycles. The Hall–Kier alpha value is -0.260. The molecule has 0 nitrogen and oxygen atoms in total. The van der Waals surface area contributed by atoms with Crippen molar-refractivity contribution in [2.45, 2.75) is 19.1 Å². The molecule has 1 aliphatic carbocycles. The van der Waals surface area contributed by atoms with Crippen LogP contribution in [-0.2, 0) is 0 Å². The molecule has 0 bridgehead atoms. The third kappa shape index (κ3) is 0.504. The lowest BCUT2D eigenvalue weighted by atomic mass is 10.4. The molecule has 5 heavy (non-hydrogen) atoms. The van der Waals surface area contributed by atoms with Crippen molar-refractivity contribution in [3.8, 4) is 0 Å². The van der Waals surface area contributed by atoms with Crippen LogP contribution in [0.15, 0.2) is 12.1 Å². The predicted octanol–water partition coefficient (Wildman–Crippen LogP) is 1.73. The highest BCUT2D eigenvalue weighted by atomic mass is 13.9. The molecule has 1 unspecified atom stereocenters. The third-order valence-electron chi connectivity index (χ3n) is 0.351. The highest BCUT2D eigenvalue weighted by Gasteiger charge is 1.84. The molecule has 1 atom stereocenters. The lowest BCUT2D eigenvalue weighted by Gasteiger charge is -1.69. The maximum absolute atomic E-state index is 7.18. The van der Waals surface area contributed by atoms with Crippen molar-refractivity contribution in [1.29, 1.82) is 0 Å². The Labute approximate surface area is 42.3 Å². The van der Waals surface area contributed by atoms with Crippen LogP contribution in [0.4, 0.5) is 0 Å². The second-order valence-electron chi connectivity index (χ2n) is 0.683. The highest BCUT2D eigenvalue weighted by Crippen LogP contribution is 2.05. The fourth-order valence-electron chi connectivity index (χ4n) is 0.180. The molecule has 0 aromatic rings. The van der Waals surface area contributed by atoms with Crippen molar-refractivity contribution in [2.24, 2.45) is 0 Å². The van der Waals surface area contributed by atoms with Crippen LogP contribution in [-0.4, -0.2) is 0 Å². The second-order valence-corrected chi connectivity index (χ2v) is 0.683. The van der Waals surface area contributed by atoms with Gasteiger partial charge in [-0.15, -0.1) is 0 Å². The van der Waals surface area contributed by atoms with Gasteiger partial charge < -0.3 is 0 Å². The normalized spacial score (nSPS) is 80.0. The first-order valence-electron chi connectivity index (χ1n) is 4.90. The zero-order valence-electron chi connectivity index (χ0n) is 9.58. The molecular weight excluding hydrogens is 60.1 g/mol. The fraction of sp³-hybridized carbons (Fsp3) is 0.600. The summed E-state index contributed by atoms with van der Waals surface area (Å²) >= 11 is 0. The number of rotatable bonds is 0. The second kappa shape index (κ2) is 1.25. The first kappa shape index (κ1) is 0.481. The van der Waals surface area contributed by atoms with Crippen LogP contribution in [0.2, 0.25) is 0 Å². The minimum Gasteiger partial charge on any atom is -0.0885 e. The molecule has 0 amide bonds. The minimum absolute atomic E-state index is 0.565. The van der Waals surface area contributed by atoms with E-state index in [1.165, 1.54) is 0 Å². The molecule has 0 aliphatic heterocycles.